The van der Waals surface area contributed by atoms with Gasteiger partial charge in [0, 0.05) is 6.42 Å². The van der Waals surface area contributed by atoms with Gasteiger partial charge in [-0.25, -0.2) is 9.97 Å². The third-order valence-electron chi connectivity index (χ3n) is 1.86. The fourth-order valence-electron chi connectivity index (χ4n) is 1.22. The standard InChI is InChI=1S/C10H10N2O/c1-3-8-5-11-10-9(12-8)4-7(2)6-13-10/h3,5H,1-2,4,6H2. The minimum Gasteiger partial charge on any atom is -0.472 e. The Morgan fingerprint density at radius 3 is 3.15 bits per heavy atom. The molecule has 0 N–H and O–H groups in total. The third kappa shape index (κ3) is 1.45. The summed E-state index contributed by atoms with van der Waals surface area (Å²) in [5.41, 5.74) is 2.66. The molecule has 2 heterocycles. The van der Waals surface area contributed by atoms with Crippen LogP contribution in [0.5, 0.6) is 5.88 Å². The average molecular weight is 174 g/mol. The van der Waals surface area contributed by atoms with Crippen LogP contribution in [0, 0.1) is 0 Å². The first-order valence-corrected chi connectivity index (χ1v) is 4.07. The van der Waals surface area contributed by atoms with E-state index < -0.39 is 0 Å². The van der Waals surface area contributed by atoms with E-state index in [-0.39, 0.29) is 0 Å². The van der Waals surface area contributed by atoms with E-state index in [0.717, 1.165) is 23.4 Å². The van der Waals surface area contributed by atoms with E-state index in [1.165, 1.54) is 0 Å². The molecule has 2 rings (SSSR count). The largest absolute Gasteiger partial charge is 0.472 e. The lowest BCUT2D eigenvalue weighted by atomic mass is 10.1. The Morgan fingerprint density at radius 2 is 2.38 bits per heavy atom. The van der Waals surface area contributed by atoms with Gasteiger partial charge in [0.2, 0.25) is 5.88 Å². The summed E-state index contributed by atoms with van der Waals surface area (Å²) in [7, 11) is 0. The fourth-order valence-corrected chi connectivity index (χ4v) is 1.22. The molecule has 0 unspecified atom stereocenters. The molecule has 0 bridgehead atoms. The van der Waals surface area contributed by atoms with Gasteiger partial charge in [-0.3, -0.25) is 0 Å². The van der Waals surface area contributed by atoms with E-state index in [2.05, 4.69) is 23.1 Å². The maximum atomic E-state index is 5.33. The molecule has 0 radical (unpaired) electrons. The van der Waals surface area contributed by atoms with E-state index >= 15 is 0 Å². The Balaban J connectivity index is 2.43. The van der Waals surface area contributed by atoms with Crippen molar-refractivity contribution in [2.45, 2.75) is 6.42 Å². The molecule has 1 aliphatic heterocycles. The lowest BCUT2D eigenvalue weighted by molar-refractivity contribution is 0.315. The molecule has 3 nitrogen and oxygen atoms in total. The smallest absolute Gasteiger partial charge is 0.236 e. The Morgan fingerprint density at radius 1 is 1.54 bits per heavy atom. The lowest BCUT2D eigenvalue weighted by Crippen LogP contribution is -2.14. The van der Waals surface area contributed by atoms with E-state index in [4.69, 9.17) is 4.74 Å². The van der Waals surface area contributed by atoms with Crippen LogP contribution in [0.2, 0.25) is 0 Å². The van der Waals surface area contributed by atoms with Crippen LogP contribution in [-0.2, 0) is 6.42 Å². The predicted molar refractivity (Wildman–Crippen MR) is 50.5 cm³/mol. The molecule has 0 amide bonds. The predicted octanol–water partition coefficient (Wildman–Crippen LogP) is 1.61. The highest BCUT2D eigenvalue weighted by Crippen LogP contribution is 2.21. The highest BCUT2D eigenvalue weighted by molar-refractivity contribution is 5.42. The van der Waals surface area contributed by atoms with Gasteiger partial charge in [-0.15, -0.1) is 0 Å². The van der Waals surface area contributed by atoms with E-state index in [9.17, 15) is 0 Å². The van der Waals surface area contributed by atoms with Gasteiger partial charge in [-0.1, -0.05) is 13.2 Å². The summed E-state index contributed by atoms with van der Waals surface area (Å²) in [6.45, 7) is 8.03. The van der Waals surface area contributed by atoms with Crippen LogP contribution in [0.1, 0.15) is 11.4 Å². The van der Waals surface area contributed by atoms with Crippen LogP contribution < -0.4 is 4.74 Å². The minimum absolute atomic E-state index is 0.551. The van der Waals surface area contributed by atoms with Crippen molar-refractivity contribution in [2.24, 2.45) is 0 Å². The third-order valence-corrected chi connectivity index (χ3v) is 1.86. The van der Waals surface area contributed by atoms with Crippen molar-refractivity contribution >= 4 is 6.08 Å². The van der Waals surface area contributed by atoms with Crippen molar-refractivity contribution in [1.82, 2.24) is 9.97 Å². The number of ether oxygens (including phenoxy) is 1. The molecular weight excluding hydrogens is 164 g/mol. The van der Waals surface area contributed by atoms with Crippen LogP contribution in [0.15, 0.2) is 24.9 Å². The molecule has 0 saturated heterocycles. The second kappa shape index (κ2) is 3.01. The van der Waals surface area contributed by atoms with Gasteiger partial charge in [0.05, 0.1) is 11.9 Å². The maximum Gasteiger partial charge on any atom is 0.236 e. The van der Waals surface area contributed by atoms with Crippen LogP contribution in [0.25, 0.3) is 6.08 Å². The minimum atomic E-state index is 0.551. The van der Waals surface area contributed by atoms with Crippen molar-refractivity contribution in [1.29, 1.82) is 0 Å². The van der Waals surface area contributed by atoms with Crippen molar-refractivity contribution in [3.8, 4) is 5.88 Å². The van der Waals surface area contributed by atoms with Gasteiger partial charge in [0.15, 0.2) is 0 Å². The molecule has 13 heavy (non-hydrogen) atoms. The van der Waals surface area contributed by atoms with E-state index in [0.29, 0.717) is 12.5 Å². The molecule has 1 aromatic heterocycles. The molecule has 1 aliphatic rings. The molecule has 66 valence electrons. The van der Waals surface area contributed by atoms with Crippen molar-refractivity contribution in [3.63, 3.8) is 0 Å². The molecule has 0 aliphatic carbocycles. The molecule has 1 aromatic rings. The molecule has 0 fully saturated rings. The number of rotatable bonds is 1. The zero-order valence-corrected chi connectivity index (χ0v) is 7.29. The first kappa shape index (κ1) is 7.98. The highest BCUT2D eigenvalue weighted by atomic mass is 16.5. The lowest BCUT2D eigenvalue weighted by Gasteiger charge is -2.16. The summed E-state index contributed by atoms with van der Waals surface area (Å²) in [5, 5.41) is 0. The normalized spacial score (nSPS) is 14.6. The van der Waals surface area contributed by atoms with Crippen molar-refractivity contribution in [3.05, 3.63) is 36.3 Å². The molecule has 0 aromatic carbocycles. The first-order valence-electron chi connectivity index (χ1n) is 4.07. The summed E-state index contributed by atoms with van der Waals surface area (Å²) in [6.07, 6.45) is 4.08. The van der Waals surface area contributed by atoms with E-state index in [1.54, 1.807) is 12.3 Å². The summed E-state index contributed by atoms with van der Waals surface area (Å²) in [4.78, 5) is 8.44. The zero-order chi connectivity index (χ0) is 9.26. The monoisotopic (exact) mass is 174 g/mol. The Labute approximate surface area is 76.8 Å². The number of fused-ring (bicyclic) bond motifs is 1. The average Bonchev–Trinajstić information content (AvgIpc) is 2.16. The van der Waals surface area contributed by atoms with Gasteiger partial charge in [0.25, 0.3) is 0 Å². The van der Waals surface area contributed by atoms with Crippen LogP contribution in [-0.4, -0.2) is 16.6 Å². The second-order valence-electron chi connectivity index (χ2n) is 2.97. The molecule has 0 saturated carbocycles. The SMILES string of the molecule is C=Cc1cnc2c(n1)CC(=C)CO2. The van der Waals surface area contributed by atoms with Gasteiger partial charge in [0.1, 0.15) is 12.3 Å². The number of hydrogen-bond donors (Lipinski definition) is 0. The Kier molecular flexibility index (Phi) is 1.85. The van der Waals surface area contributed by atoms with Gasteiger partial charge in [-0.05, 0) is 11.6 Å². The second-order valence-corrected chi connectivity index (χ2v) is 2.97. The number of aromatic nitrogens is 2. The molecule has 0 atom stereocenters. The quantitative estimate of drug-likeness (QED) is 0.607. The van der Waals surface area contributed by atoms with Crippen molar-refractivity contribution < 1.29 is 4.74 Å². The Bertz CT molecular complexity index is 371. The van der Waals surface area contributed by atoms with Crippen LogP contribution in [0.4, 0.5) is 0 Å². The van der Waals surface area contributed by atoms with Crippen LogP contribution in [0.3, 0.4) is 0 Å². The molecule has 0 spiro atoms. The first-order chi connectivity index (χ1) is 6.29. The molecular formula is C10H10N2O. The maximum absolute atomic E-state index is 5.33. The zero-order valence-electron chi connectivity index (χ0n) is 7.29. The summed E-state index contributed by atoms with van der Waals surface area (Å²) >= 11 is 0. The summed E-state index contributed by atoms with van der Waals surface area (Å²) in [6, 6.07) is 0. The number of nitrogens with zero attached hydrogens (tertiary/aromatic N) is 2. The van der Waals surface area contributed by atoms with Gasteiger partial charge >= 0.3 is 0 Å². The fraction of sp³-hybridized carbons (Fsp3) is 0.200. The van der Waals surface area contributed by atoms with E-state index in [1.807, 2.05) is 0 Å². The van der Waals surface area contributed by atoms with Gasteiger partial charge < -0.3 is 4.74 Å². The van der Waals surface area contributed by atoms with Gasteiger partial charge in [-0.2, -0.15) is 0 Å². The summed E-state index contributed by atoms with van der Waals surface area (Å²) < 4.78 is 5.33. The van der Waals surface area contributed by atoms with Crippen molar-refractivity contribution in [2.75, 3.05) is 6.61 Å². The van der Waals surface area contributed by atoms with Crippen LogP contribution >= 0.6 is 0 Å². The Hall–Kier alpha value is -1.64. The molecule has 3 heteroatoms. The summed E-state index contributed by atoms with van der Waals surface area (Å²) in [5.74, 6) is 0.623. The highest BCUT2D eigenvalue weighted by Gasteiger charge is 2.15. The number of hydrogen-bond acceptors (Lipinski definition) is 3. The topological polar surface area (TPSA) is 35.0 Å².